The van der Waals surface area contributed by atoms with Crippen LogP contribution in [-0.2, 0) is 12.8 Å². The van der Waals surface area contributed by atoms with Gasteiger partial charge in [-0.05, 0) is 55.6 Å². The minimum absolute atomic E-state index is 0.397. The summed E-state index contributed by atoms with van der Waals surface area (Å²) in [5.74, 6) is -0.397. The molecule has 0 aliphatic heterocycles. The Labute approximate surface area is 129 Å². The molecule has 0 saturated heterocycles. The maximum atomic E-state index is 11.1. The molecule has 4 nitrogen and oxygen atoms in total. The zero-order valence-electron chi connectivity index (χ0n) is 12.5. The summed E-state index contributed by atoms with van der Waals surface area (Å²) < 4.78 is 5.07. The maximum absolute atomic E-state index is 11.1. The second-order valence-corrected chi connectivity index (χ2v) is 5.43. The zero-order valence-corrected chi connectivity index (χ0v) is 12.5. The molecule has 4 heteroatoms. The number of hydrogen-bond acceptors (Lipinski definition) is 3. The highest BCUT2D eigenvalue weighted by Gasteiger charge is 2.02. The Bertz CT molecular complexity index is 774. The SMILES string of the molecule is O=c1[nH]c2ccc(CCNCCCc3ccccc3)cc2o1. The average Bonchev–Trinajstić information content (AvgIpc) is 2.91. The lowest BCUT2D eigenvalue weighted by Gasteiger charge is -2.05. The molecule has 2 N–H and O–H groups in total. The second-order valence-electron chi connectivity index (χ2n) is 5.43. The van der Waals surface area contributed by atoms with E-state index in [1.165, 1.54) is 11.1 Å². The van der Waals surface area contributed by atoms with Crippen LogP contribution >= 0.6 is 0 Å². The zero-order chi connectivity index (χ0) is 15.2. The van der Waals surface area contributed by atoms with Crippen molar-refractivity contribution in [2.24, 2.45) is 0 Å². The fraction of sp³-hybridized carbons (Fsp3) is 0.278. The van der Waals surface area contributed by atoms with E-state index in [0.717, 1.165) is 37.9 Å². The minimum Gasteiger partial charge on any atom is -0.408 e. The van der Waals surface area contributed by atoms with E-state index in [4.69, 9.17) is 4.42 Å². The van der Waals surface area contributed by atoms with Crippen molar-refractivity contribution in [3.8, 4) is 0 Å². The van der Waals surface area contributed by atoms with Crippen molar-refractivity contribution in [3.63, 3.8) is 0 Å². The summed E-state index contributed by atoms with van der Waals surface area (Å²) in [6.07, 6.45) is 3.17. The Morgan fingerprint density at radius 1 is 0.955 bits per heavy atom. The molecule has 3 aromatic rings. The van der Waals surface area contributed by atoms with Crippen molar-refractivity contribution < 1.29 is 4.42 Å². The lowest BCUT2D eigenvalue weighted by molar-refractivity contribution is 0.555. The van der Waals surface area contributed by atoms with E-state index >= 15 is 0 Å². The topological polar surface area (TPSA) is 58.0 Å². The van der Waals surface area contributed by atoms with Gasteiger partial charge in [-0.15, -0.1) is 0 Å². The van der Waals surface area contributed by atoms with E-state index in [9.17, 15) is 4.79 Å². The van der Waals surface area contributed by atoms with Crippen molar-refractivity contribution in [3.05, 3.63) is 70.2 Å². The lowest BCUT2D eigenvalue weighted by Crippen LogP contribution is -2.19. The van der Waals surface area contributed by atoms with Gasteiger partial charge in [0, 0.05) is 0 Å². The van der Waals surface area contributed by atoms with Crippen molar-refractivity contribution in [1.82, 2.24) is 10.3 Å². The van der Waals surface area contributed by atoms with Gasteiger partial charge in [-0.1, -0.05) is 36.4 Å². The van der Waals surface area contributed by atoms with E-state index in [1.54, 1.807) is 0 Å². The van der Waals surface area contributed by atoms with E-state index in [-0.39, 0.29) is 0 Å². The molecule has 0 saturated carbocycles. The van der Waals surface area contributed by atoms with Crippen LogP contribution in [0.1, 0.15) is 17.5 Å². The normalized spacial score (nSPS) is 11.1. The number of aromatic nitrogens is 1. The van der Waals surface area contributed by atoms with E-state index < -0.39 is 5.76 Å². The number of aryl methyl sites for hydroxylation is 1. The third kappa shape index (κ3) is 3.86. The predicted octanol–water partition coefficient (Wildman–Crippen LogP) is 2.89. The molecule has 0 atom stereocenters. The van der Waals surface area contributed by atoms with Crippen LogP contribution in [-0.4, -0.2) is 18.1 Å². The monoisotopic (exact) mass is 296 g/mol. The Morgan fingerprint density at radius 3 is 2.68 bits per heavy atom. The van der Waals surface area contributed by atoms with Crippen molar-refractivity contribution in [1.29, 1.82) is 0 Å². The quantitative estimate of drug-likeness (QED) is 0.659. The van der Waals surface area contributed by atoms with Crippen LogP contribution in [0.5, 0.6) is 0 Å². The summed E-state index contributed by atoms with van der Waals surface area (Å²) in [6.45, 7) is 1.94. The number of rotatable bonds is 7. The molecular formula is C18H20N2O2. The maximum Gasteiger partial charge on any atom is 0.417 e. The van der Waals surface area contributed by atoms with Crippen LogP contribution in [0.25, 0.3) is 11.1 Å². The summed E-state index contributed by atoms with van der Waals surface area (Å²) in [4.78, 5) is 13.8. The summed E-state index contributed by atoms with van der Waals surface area (Å²) in [6, 6.07) is 16.4. The first-order valence-corrected chi connectivity index (χ1v) is 7.68. The van der Waals surface area contributed by atoms with Gasteiger partial charge in [0.15, 0.2) is 5.58 Å². The van der Waals surface area contributed by atoms with Crippen molar-refractivity contribution >= 4 is 11.1 Å². The van der Waals surface area contributed by atoms with Crippen LogP contribution in [0.2, 0.25) is 0 Å². The lowest BCUT2D eigenvalue weighted by atomic mass is 10.1. The van der Waals surface area contributed by atoms with Crippen LogP contribution in [0, 0.1) is 0 Å². The highest BCUT2D eigenvalue weighted by molar-refractivity contribution is 5.72. The molecule has 0 unspecified atom stereocenters. The minimum atomic E-state index is -0.397. The number of fused-ring (bicyclic) bond motifs is 1. The molecule has 1 aromatic heterocycles. The molecular weight excluding hydrogens is 276 g/mol. The standard InChI is InChI=1S/C18H20N2O2/c21-18-20-16-9-8-15(13-17(16)22-18)10-12-19-11-4-7-14-5-2-1-3-6-14/h1-3,5-6,8-9,13,19H,4,7,10-12H2,(H,20,21). The fourth-order valence-electron chi connectivity index (χ4n) is 2.57. The van der Waals surface area contributed by atoms with Gasteiger partial charge in [0.05, 0.1) is 5.52 Å². The first-order chi connectivity index (χ1) is 10.8. The van der Waals surface area contributed by atoms with Crippen LogP contribution < -0.4 is 11.1 Å². The summed E-state index contributed by atoms with van der Waals surface area (Å²) >= 11 is 0. The average molecular weight is 296 g/mol. The molecule has 3 rings (SSSR count). The van der Waals surface area contributed by atoms with Gasteiger partial charge >= 0.3 is 5.76 Å². The Kier molecular flexibility index (Phi) is 4.71. The highest BCUT2D eigenvalue weighted by Crippen LogP contribution is 2.12. The Morgan fingerprint density at radius 2 is 1.82 bits per heavy atom. The highest BCUT2D eigenvalue weighted by atomic mass is 16.4. The number of H-pyrrole nitrogens is 1. The summed E-state index contributed by atoms with van der Waals surface area (Å²) in [7, 11) is 0. The molecule has 0 aliphatic carbocycles. The molecule has 1 heterocycles. The third-order valence-corrected chi connectivity index (χ3v) is 3.74. The fourth-order valence-corrected chi connectivity index (χ4v) is 2.57. The van der Waals surface area contributed by atoms with Crippen LogP contribution in [0.3, 0.4) is 0 Å². The van der Waals surface area contributed by atoms with Gasteiger partial charge in [-0.2, -0.15) is 0 Å². The smallest absolute Gasteiger partial charge is 0.408 e. The van der Waals surface area contributed by atoms with Crippen LogP contribution in [0.15, 0.2) is 57.7 Å². The molecule has 0 bridgehead atoms. The van der Waals surface area contributed by atoms with Gasteiger partial charge in [0.2, 0.25) is 0 Å². The first-order valence-electron chi connectivity index (χ1n) is 7.68. The molecule has 22 heavy (non-hydrogen) atoms. The first kappa shape index (κ1) is 14.6. The van der Waals surface area contributed by atoms with Crippen molar-refractivity contribution in [2.45, 2.75) is 19.3 Å². The number of benzene rings is 2. The van der Waals surface area contributed by atoms with Gasteiger partial charge in [0.25, 0.3) is 0 Å². The molecule has 0 aliphatic rings. The molecule has 0 spiro atoms. The van der Waals surface area contributed by atoms with Gasteiger partial charge < -0.3 is 9.73 Å². The molecule has 114 valence electrons. The van der Waals surface area contributed by atoms with Crippen molar-refractivity contribution in [2.75, 3.05) is 13.1 Å². The van der Waals surface area contributed by atoms with Gasteiger partial charge in [0.1, 0.15) is 0 Å². The van der Waals surface area contributed by atoms with Gasteiger partial charge in [-0.25, -0.2) is 4.79 Å². The Balaban J connectivity index is 1.39. The predicted molar refractivity (Wildman–Crippen MR) is 88.2 cm³/mol. The molecule has 0 fully saturated rings. The summed E-state index contributed by atoms with van der Waals surface area (Å²) in [5, 5.41) is 3.46. The number of aromatic amines is 1. The molecule has 0 amide bonds. The van der Waals surface area contributed by atoms with E-state index in [0.29, 0.717) is 5.58 Å². The van der Waals surface area contributed by atoms with Crippen LogP contribution in [0.4, 0.5) is 0 Å². The summed E-state index contributed by atoms with van der Waals surface area (Å²) in [5.41, 5.74) is 3.94. The second kappa shape index (κ2) is 7.09. The Hall–Kier alpha value is -2.33. The van der Waals surface area contributed by atoms with E-state index in [1.807, 2.05) is 24.3 Å². The number of hydrogen-bond donors (Lipinski definition) is 2. The van der Waals surface area contributed by atoms with Gasteiger partial charge in [-0.3, -0.25) is 4.98 Å². The number of oxazole rings is 1. The molecule has 2 aromatic carbocycles. The largest absolute Gasteiger partial charge is 0.417 e. The molecule has 0 radical (unpaired) electrons. The number of nitrogens with one attached hydrogen (secondary N) is 2. The van der Waals surface area contributed by atoms with E-state index in [2.05, 4.69) is 34.6 Å². The third-order valence-electron chi connectivity index (χ3n) is 3.74.